The Morgan fingerprint density at radius 2 is 1.77 bits per heavy atom. The molecule has 138 valence electrons. The van der Waals surface area contributed by atoms with Gasteiger partial charge in [0.15, 0.2) is 11.5 Å². The number of para-hydroxylation sites is 2. The molecule has 1 amide bonds. The van der Waals surface area contributed by atoms with Crippen LogP contribution in [0.1, 0.15) is 30.9 Å². The van der Waals surface area contributed by atoms with E-state index in [9.17, 15) is 4.79 Å². The maximum atomic E-state index is 12.7. The van der Waals surface area contributed by atoms with Crippen LogP contribution < -0.4 is 14.2 Å². The molecule has 0 saturated carbocycles. The second kappa shape index (κ2) is 8.61. The van der Waals surface area contributed by atoms with Gasteiger partial charge in [-0.1, -0.05) is 24.3 Å². The highest BCUT2D eigenvalue weighted by atomic mass is 16.5. The average molecular weight is 355 g/mol. The van der Waals surface area contributed by atoms with Crippen LogP contribution in [0.2, 0.25) is 0 Å². The first-order valence-corrected chi connectivity index (χ1v) is 8.92. The fourth-order valence-corrected chi connectivity index (χ4v) is 3.37. The van der Waals surface area contributed by atoms with Crippen molar-refractivity contribution < 1.29 is 19.0 Å². The van der Waals surface area contributed by atoms with Crippen molar-refractivity contribution >= 4 is 5.91 Å². The molecule has 0 N–H and O–H groups in total. The summed E-state index contributed by atoms with van der Waals surface area (Å²) >= 11 is 0. The first-order chi connectivity index (χ1) is 12.7. The topological polar surface area (TPSA) is 48.0 Å². The standard InChI is InChI=1S/C21H25NO4/c1-24-17-11-9-16(10-12-17)18-6-5-14-22(18)21(23)13-15-26-20-8-4-3-7-19(20)25-2/h3-4,7-12,18H,5-6,13-15H2,1-2H3. The zero-order valence-electron chi connectivity index (χ0n) is 15.3. The molecule has 0 bridgehead atoms. The Balaban J connectivity index is 1.58. The number of amides is 1. The minimum absolute atomic E-state index is 0.123. The number of likely N-dealkylation sites (tertiary alicyclic amines) is 1. The predicted octanol–water partition coefficient (Wildman–Crippen LogP) is 3.84. The molecule has 5 heteroatoms. The summed E-state index contributed by atoms with van der Waals surface area (Å²) in [5, 5.41) is 0. The van der Waals surface area contributed by atoms with Gasteiger partial charge in [0.2, 0.25) is 5.91 Å². The lowest BCUT2D eigenvalue weighted by Crippen LogP contribution is -2.31. The maximum Gasteiger partial charge on any atom is 0.226 e. The monoisotopic (exact) mass is 355 g/mol. The highest BCUT2D eigenvalue weighted by Gasteiger charge is 2.29. The average Bonchev–Trinajstić information content (AvgIpc) is 3.18. The molecule has 2 aromatic carbocycles. The molecule has 1 unspecified atom stereocenters. The molecule has 3 rings (SSSR count). The van der Waals surface area contributed by atoms with E-state index in [0.717, 1.165) is 30.7 Å². The van der Waals surface area contributed by atoms with Crippen molar-refractivity contribution in [2.75, 3.05) is 27.4 Å². The van der Waals surface area contributed by atoms with Crippen molar-refractivity contribution in [3.05, 3.63) is 54.1 Å². The second-order valence-corrected chi connectivity index (χ2v) is 6.27. The molecule has 2 aromatic rings. The predicted molar refractivity (Wildman–Crippen MR) is 99.8 cm³/mol. The van der Waals surface area contributed by atoms with E-state index in [1.54, 1.807) is 14.2 Å². The summed E-state index contributed by atoms with van der Waals surface area (Å²) in [6, 6.07) is 15.6. The van der Waals surface area contributed by atoms with Gasteiger partial charge in [-0.05, 0) is 42.7 Å². The molecular formula is C21H25NO4. The summed E-state index contributed by atoms with van der Waals surface area (Å²) in [5.41, 5.74) is 1.15. The Kier molecular flexibility index (Phi) is 6.00. The van der Waals surface area contributed by atoms with E-state index in [1.807, 2.05) is 53.4 Å². The molecule has 1 aliphatic rings. The van der Waals surface area contributed by atoms with Gasteiger partial charge in [-0.2, -0.15) is 0 Å². The zero-order valence-corrected chi connectivity index (χ0v) is 15.3. The van der Waals surface area contributed by atoms with Crippen molar-refractivity contribution in [2.24, 2.45) is 0 Å². The van der Waals surface area contributed by atoms with Gasteiger partial charge in [0.25, 0.3) is 0 Å². The fourth-order valence-electron chi connectivity index (χ4n) is 3.37. The molecule has 1 fully saturated rings. The van der Waals surface area contributed by atoms with E-state index in [2.05, 4.69) is 0 Å². The van der Waals surface area contributed by atoms with Crippen LogP contribution in [0, 0.1) is 0 Å². The van der Waals surface area contributed by atoms with Crippen LogP contribution in [0.4, 0.5) is 0 Å². The summed E-state index contributed by atoms with van der Waals surface area (Å²) in [5.74, 6) is 2.29. The third kappa shape index (κ3) is 4.10. The first kappa shape index (κ1) is 18.1. The third-order valence-electron chi connectivity index (χ3n) is 4.72. The van der Waals surface area contributed by atoms with Crippen LogP contribution in [0.15, 0.2) is 48.5 Å². The number of rotatable bonds is 7. The molecule has 0 spiro atoms. The molecule has 5 nitrogen and oxygen atoms in total. The van der Waals surface area contributed by atoms with Gasteiger partial charge in [-0.25, -0.2) is 0 Å². The van der Waals surface area contributed by atoms with Crippen LogP contribution in [0.25, 0.3) is 0 Å². The molecular weight excluding hydrogens is 330 g/mol. The maximum absolute atomic E-state index is 12.7. The van der Waals surface area contributed by atoms with Gasteiger partial charge in [0, 0.05) is 6.54 Å². The van der Waals surface area contributed by atoms with Gasteiger partial charge in [-0.3, -0.25) is 4.79 Å². The van der Waals surface area contributed by atoms with E-state index in [4.69, 9.17) is 14.2 Å². The number of hydrogen-bond acceptors (Lipinski definition) is 4. The molecule has 1 heterocycles. The lowest BCUT2D eigenvalue weighted by molar-refractivity contribution is -0.132. The Morgan fingerprint density at radius 3 is 2.46 bits per heavy atom. The van der Waals surface area contributed by atoms with Crippen LogP contribution >= 0.6 is 0 Å². The van der Waals surface area contributed by atoms with Crippen molar-refractivity contribution in [1.82, 2.24) is 4.90 Å². The van der Waals surface area contributed by atoms with Crippen molar-refractivity contribution in [3.8, 4) is 17.2 Å². The number of nitrogens with zero attached hydrogens (tertiary/aromatic N) is 1. The normalized spacial score (nSPS) is 16.4. The summed E-state index contributed by atoms with van der Waals surface area (Å²) in [6.07, 6.45) is 2.37. The van der Waals surface area contributed by atoms with E-state index in [0.29, 0.717) is 24.5 Å². The summed E-state index contributed by atoms with van der Waals surface area (Å²) in [6.45, 7) is 1.13. The molecule has 26 heavy (non-hydrogen) atoms. The van der Waals surface area contributed by atoms with E-state index < -0.39 is 0 Å². The molecule has 1 aliphatic heterocycles. The van der Waals surface area contributed by atoms with Crippen molar-refractivity contribution in [2.45, 2.75) is 25.3 Å². The summed E-state index contributed by atoms with van der Waals surface area (Å²) in [4.78, 5) is 14.7. The summed E-state index contributed by atoms with van der Waals surface area (Å²) in [7, 11) is 3.26. The fraction of sp³-hybridized carbons (Fsp3) is 0.381. The Hall–Kier alpha value is -2.69. The zero-order chi connectivity index (χ0) is 18.4. The Bertz CT molecular complexity index is 729. The molecule has 0 aromatic heterocycles. The third-order valence-corrected chi connectivity index (χ3v) is 4.72. The van der Waals surface area contributed by atoms with Gasteiger partial charge < -0.3 is 19.1 Å². The quantitative estimate of drug-likeness (QED) is 0.757. The van der Waals surface area contributed by atoms with E-state index in [1.165, 1.54) is 0 Å². The van der Waals surface area contributed by atoms with E-state index >= 15 is 0 Å². The van der Waals surface area contributed by atoms with Gasteiger partial charge in [-0.15, -0.1) is 0 Å². The van der Waals surface area contributed by atoms with Crippen molar-refractivity contribution in [3.63, 3.8) is 0 Å². The van der Waals surface area contributed by atoms with Gasteiger partial charge >= 0.3 is 0 Å². The molecule has 1 atom stereocenters. The number of benzene rings is 2. The SMILES string of the molecule is COc1ccc(C2CCCN2C(=O)CCOc2ccccc2OC)cc1. The van der Waals surface area contributed by atoms with Crippen LogP contribution in [0.5, 0.6) is 17.2 Å². The van der Waals surface area contributed by atoms with E-state index in [-0.39, 0.29) is 11.9 Å². The number of hydrogen-bond donors (Lipinski definition) is 0. The number of ether oxygens (including phenoxy) is 3. The van der Waals surface area contributed by atoms with Crippen LogP contribution in [0.3, 0.4) is 0 Å². The minimum Gasteiger partial charge on any atom is -0.497 e. The van der Waals surface area contributed by atoms with Crippen LogP contribution in [-0.4, -0.2) is 38.2 Å². The summed E-state index contributed by atoms with van der Waals surface area (Å²) < 4.78 is 16.2. The Morgan fingerprint density at radius 1 is 1.04 bits per heavy atom. The number of methoxy groups -OCH3 is 2. The smallest absolute Gasteiger partial charge is 0.226 e. The Labute approximate surface area is 154 Å². The number of carbonyl (C=O) groups is 1. The highest BCUT2D eigenvalue weighted by Crippen LogP contribution is 2.33. The molecule has 1 saturated heterocycles. The van der Waals surface area contributed by atoms with Gasteiger partial charge in [0.05, 0.1) is 33.3 Å². The number of carbonyl (C=O) groups excluding carboxylic acids is 1. The minimum atomic E-state index is 0.123. The lowest BCUT2D eigenvalue weighted by atomic mass is 10.0. The lowest BCUT2D eigenvalue weighted by Gasteiger charge is -2.25. The molecule has 0 radical (unpaired) electrons. The first-order valence-electron chi connectivity index (χ1n) is 8.92. The van der Waals surface area contributed by atoms with Gasteiger partial charge in [0.1, 0.15) is 5.75 Å². The highest BCUT2D eigenvalue weighted by molar-refractivity contribution is 5.77. The molecule has 0 aliphatic carbocycles. The van der Waals surface area contributed by atoms with Crippen LogP contribution in [-0.2, 0) is 4.79 Å². The van der Waals surface area contributed by atoms with Crippen molar-refractivity contribution in [1.29, 1.82) is 0 Å². The largest absolute Gasteiger partial charge is 0.497 e. The second-order valence-electron chi connectivity index (χ2n) is 6.27.